The van der Waals surface area contributed by atoms with Crippen molar-refractivity contribution in [2.45, 2.75) is 52.1 Å². The quantitative estimate of drug-likeness (QED) is 0.634. The maximum absolute atomic E-state index is 13.3. The smallest absolute Gasteiger partial charge is 0.265 e. The number of aryl methyl sites for hydroxylation is 2. The standard InChI is InChI=1S/C25H27NO3/c1-7-12-26-20-11-9-8-10-19(20)25(29,23(26)28)15-21(27)22-16(2)13-18(14-17(22)3)24(4,5)6/h1,8-11,13-14,29H,12,15H2,2-6H3/t25-/m1/s1. The first-order valence-electron chi connectivity index (χ1n) is 9.73. The fourth-order valence-electron chi connectivity index (χ4n) is 4.08. The van der Waals surface area contributed by atoms with Crippen LogP contribution in [0.2, 0.25) is 0 Å². The number of fused-ring (bicyclic) bond motifs is 1. The van der Waals surface area contributed by atoms with E-state index in [0.717, 1.165) is 16.7 Å². The Balaban J connectivity index is 2.01. The summed E-state index contributed by atoms with van der Waals surface area (Å²) in [5.41, 5.74) is 2.44. The average Bonchev–Trinajstić information content (AvgIpc) is 2.83. The second-order valence-corrected chi connectivity index (χ2v) is 8.81. The van der Waals surface area contributed by atoms with Crippen LogP contribution in [0.5, 0.6) is 0 Å². The van der Waals surface area contributed by atoms with Crippen molar-refractivity contribution in [3.63, 3.8) is 0 Å². The third-order valence-electron chi connectivity index (χ3n) is 5.58. The van der Waals surface area contributed by atoms with Gasteiger partial charge in [0.15, 0.2) is 11.4 Å². The maximum atomic E-state index is 13.3. The molecule has 3 rings (SSSR count). The number of anilines is 1. The van der Waals surface area contributed by atoms with E-state index in [1.165, 1.54) is 4.90 Å². The molecule has 4 heteroatoms. The molecule has 2 aromatic rings. The van der Waals surface area contributed by atoms with E-state index in [9.17, 15) is 14.7 Å². The van der Waals surface area contributed by atoms with Crippen molar-refractivity contribution in [2.75, 3.05) is 11.4 Å². The number of benzene rings is 2. The third-order valence-corrected chi connectivity index (χ3v) is 5.58. The van der Waals surface area contributed by atoms with Gasteiger partial charge in [-0.3, -0.25) is 14.5 Å². The number of amides is 1. The van der Waals surface area contributed by atoms with Crippen LogP contribution >= 0.6 is 0 Å². The van der Waals surface area contributed by atoms with Gasteiger partial charge in [-0.2, -0.15) is 0 Å². The fraction of sp³-hybridized carbons (Fsp3) is 0.360. The molecule has 1 aliphatic heterocycles. The van der Waals surface area contributed by atoms with Crippen LogP contribution in [0.4, 0.5) is 5.69 Å². The number of terminal acetylenes is 1. The number of carbonyl (C=O) groups excluding carboxylic acids is 2. The molecule has 29 heavy (non-hydrogen) atoms. The highest BCUT2D eigenvalue weighted by Gasteiger charge is 2.50. The van der Waals surface area contributed by atoms with Crippen molar-refractivity contribution in [1.82, 2.24) is 0 Å². The lowest BCUT2D eigenvalue weighted by Gasteiger charge is -2.24. The number of Topliss-reactive ketones (excluding diaryl/α,β-unsaturated/α-hetero) is 1. The third kappa shape index (κ3) is 3.47. The number of rotatable bonds is 4. The summed E-state index contributed by atoms with van der Waals surface area (Å²) in [7, 11) is 0. The van der Waals surface area contributed by atoms with E-state index in [1.807, 2.05) is 26.0 Å². The van der Waals surface area contributed by atoms with Crippen molar-refractivity contribution in [2.24, 2.45) is 0 Å². The molecule has 1 amide bonds. The average molecular weight is 389 g/mol. The lowest BCUT2D eigenvalue weighted by atomic mass is 9.81. The number of aliphatic hydroxyl groups is 1. The number of carbonyl (C=O) groups is 2. The summed E-state index contributed by atoms with van der Waals surface area (Å²) < 4.78 is 0. The van der Waals surface area contributed by atoms with Crippen molar-refractivity contribution in [1.29, 1.82) is 0 Å². The minimum absolute atomic E-state index is 0.0363. The molecule has 0 saturated heterocycles. The lowest BCUT2D eigenvalue weighted by Crippen LogP contribution is -2.42. The molecule has 1 aliphatic rings. The fourth-order valence-corrected chi connectivity index (χ4v) is 4.08. The molecule has 1 N–H and O–H groups in total. The predicted molar refractivity (Wildman–Crippen MR) is 115 cm³/mol. The first-order valence-corrected chi connectivity index (χ1v) is 9.73. The normalized spacial score (nSPS) is 18.5. The Kier molecular flexibility index (Phi) is 5.15. The SMILES string of the molecule is C#CCN1C(=O)[C@@](O)(CC(=O)c2c(C)cc(C(C)(C)C)cc2C)c2ccccc21. The Bertz CT molecular complexity index is 1020. The van der Waals surface area contributed by atoms with E-state index in [4.69, 9.17) is 6.42 Å². The summed E-state index contributed by atoms with van der Waals surface area (Å²) in [5, 5.41) is 11.3. The Hall–Kier alpha value is -2.90. The summed E-state index contributed by atoms with van der Waals surface area (Å²) in [6.07, 6.45) is 5.09. The van der Waals surface area contributed by atoms with E-state index in [1.54, 1.807) is 24.3 Å². The molecule has 0 radical (unpaired) electrons. The molecule has 0 saturated carbocycles. The molecular weight excluding hydrogens is 362 g/mol. The highest BCUT2D eigenvalue weighted by atomic mass is 16.3. The zero-order chi connectivity index (χ0) is 21.6. The number of hydrogen-bond donors (Lipinski definition) is 1. The van der Waals surface area contributed by atoms with Gasteiger partial charge in [0.25, 0.3) is 5.91 Å². The molecule has 150 valence electrons. The number of hydrogen-bond acceptors (Lipinski definition) is 3. The Morgan fingerprint density at radius 2 is 1.76 bits per heavy atom. The van der Waals surface area contributed by atoms with Gasteiger partial charge in [-0.15, -0.1) is 6.42 Å². The van der Waals surface area contributed by atoms with Gasteiger partial charge in [-0.25, -0.2) is 0 Å². The second kappa shape index (κ2) is 7.17. The molecule has 1 heterocycles. The topological polar surface area (TPSA) is 57.6 Å². The zero-order valence-corrected chi connectivity index (χ0v) is 17.7. The van der Waals surface area contributed by atoms with Gasteiger partial charge in [-0.1, -0.05) is 57.0 Å². The molecule has 4 nitrogen and oxygen atoms in total. The van der Waals surface area contributed by atoms with Crippen LogP contribution in [0, 0.1) is 26.2 Å². The van der Waals surface area contributed by atoms with Gasteiger partial charge in [-0.05, 0) is 42.0 Å². The van der Waals surface area contributed by atoms with Crippen LogP contribution in [-0.4, -0.2) is 23.3 Å². The second-order valence-electron chi connectivity index (χ2n) is 8.81. The molecule has 2 aromatic carbocycles. The lowest BCUT2D eigenvalue weighted by molar-refractivity contribution is -0.135. The van der Waals surface area contributed by atoms with Gasteiger partial charge in [0.1, 0.15) is 0 Å². The molecule has 0 spiro atoms. The first kappa shape index (κ1) is 20.8. The predicted octanol–water partition coefficient (Wildman–Crippen LogP) is 4.04. The Labute approximate surface area is 172 Å². The molecule has 0 unspecified atom stereocenters. The van der Waals surface area contributed by atoms with Crippen LogP contribution in [0.1, 0.15) is 59.8 Å². The molecule has 0 aromatic heterocycles. The van der Waals surface area contributed by atoms with Gasteiger partial charge in [0.05, 0.1) is 18.7 Å². The number of nitrogens with zero attached hydrogens (tertiary/aromatic N) is 1. The molecule has 1 atom stereocenters. The van der Waals surface area contributed by atoms with E-state index in [2.05, 4.69) is 26.7 Å². The summed E-state index contributed by atoms with van der Waals surface area (Å²) >= 11 is 0. The van der Waals surface area contributed by atoms with Crippen LogP contribution in [-0.2, 0) is 15.8 Å². The van der Waals surface area contributed by atoms with Crippen LogP contribution < -0.4 is 4.90 Å². The molecule has 0 fully saturated rings. The van der Waals surface area contributed by atoms with Crippen LogP contribution in [0.15, 0.2) is 36.4 Å². The van der Waals surface area contributed by atoms with Crippen molar-refractivity contribution < 1.29 is 14.7 Å². The van der Waals surface area contributed by atoms with E-state index < -0.39 is 11.5 Å². The molecule has 0 bridgehead atoms. The van der Waals surface area contributed by atoms with Gasteiger partial charge < -0.3 is 5.11 Å². The van der Waals surface area contributed by atoms with Crippen molar-refractivity contribution >= 4 is 17.4 Å². The maximum Gasteiger partial charge on any atom is 0.265 e. The van der Waals surface area contributed by atoms with Gasteiger partial charge >= 0.3 is 0 Å². The largest absolute Gasteiger partial charge is 0.375 e. The highest BCUT2D eigenvalue weighted by Crippen LogP contribution is 2.43. The Morgan fingerprint density at radius 1 is 1.17 bits per heavy atom. The van der Waals surface area contributed by atoms with Crippen molar-refractivity contribution in [3.05, 3.63) is 64.2 Å². The minimum atomic E-state index is -1.91. The first-order chi connectivity index (χ1) is 13.5. The minimum Gasteiger partial charge on any atom is -0.375 e. The molecule has 0 aliphatic carbocycles. The van der Waals surface area contributed by atoms with E-state index in [-0.39, 0.29) is 24.2 Å². The van der Waals surface area contributed by atoms with Crippen molar-refractivity contribution in [3.8, 4) is 12.3 Å². The van der Waals surface area contributed by atoms with Gasteiger partial charge in [0, 0.05) is 11.1 Å². The highest BCUT2D eigenvalue weighted by molar-refractivity contribution is 6.11. The monoisotopic (exact) mass is 389 g/mol. The Morgan fingerprint density at radius 3 is 2.31 bits per heavy atom. The zero-order valence-electron chi connectivity index (χ0n) is 17.7. The number of para-hydroxylation sites is 1. The summed E-state index contributed by atoms with van der Waals surface area (Å²) in [5.74, 6) is 1.65. The summed E-state index contributed by atoms with van der Waals surface area (Å²) in [6, 6.07) is 11.0. The van der Waals surface area contributed by atoms with Gasteiger partial charge in [0.2, 0.25) is 0 Å². The molecular formula is C25H27NO3. The number of ketones is 1. The van der Waals surface area contributed by atoms with E-state index in [0.29, 0.717) is 16.8 Å². The van der Waals surface area contributed by atoms with Crippen LogP contribution in [0.3, 0.4) is 0 Å². The van der Waals surface area contributed by atoms with E-state index >= 15 is 0 Å². The van der Waals surface area contributed by atoms with Crippen LogP contribution in [0.25, 0.3) is 0 Å². The summed E-state index contributed by atoms with van der Waals surface area (Å²) in [6.45, 7) is 10.2. The summed E-state index contributed by atoms with van der Waals surface area (Å²) in [4.78, 5) is 27.6.